The fourth-order valence-electron chi connectivity index (χ4n) is 2.55. The van der Waals surface area contributed by atoms with E-state index >= 15 is 0 Å². The highest BCUT2D eigenvalue weighted by atomic mass is 79.9. The van der Waals surface area contributed by atoms with E-state index in [1.165, 1.54) is 58.7 Å². The van der Waals surface area contributed by atoms with Crippen LogP contribution in [-0.2, 0) is 16.6 Å². The van der Waals surface area contributed by atoms with Gasteiger partial charge < -0.3 is 18.9 Å². The fraction of sp³-hybridized carbons (Fsp3) is 0.333. The van der Waals surface area contributed by atoms with Gasteiger partial charge in [-0.1, -0.05) is 6.07 Å². The Morgan fingerprint density at radius 3 is 2.07 bits per heavy atom. The summed E-state index contributed by atoms with van der Waals surface area (Å²) in [5.74, 6) is 0.568. The highest BCUT2D eigenvalue weighted by molar-refractivity contribution is 9.10. The quantitative estimate of drug-likeness (QED) is 0.525. The van der Waals surface area contributed by atoms with E-state index in [-0.39, 0.29) is 28.7 Å². The van der Waals surface area contributed by atoms with Crippen molar-refractivity contribution < 1.29 is 36.1 Å². The van der Waals surface area contributed by atoms with E-state index in [1.54, 1.807) is 0 Å². The van der Waals surface area contributed by atoms with E-state index in [1.807, 2.05) is 0 Å². The third-order valence-corrected chi connectivity index (χ3v) is 6.74. The Hall–Kier alpha value is -2.11. The molecule has 0 bridgehead atoms. The van der Waals surface area contributed by atoms with E-state index < -0.39 is 16.6 Å². The second-order valence-corrected chi connectivity index (χ2v) is 8.63. The Kier molecular flexibility index (Phi) is 7.66. The van der Waals surface area contributed by atoms with Crippen molar-refractivity contribution in [2.75, 3.05) is 28.4 Å². The summed E-state index contributed by atoms with van der Waals surface area (Å²) in [5.41, 5.74) is 0.520. The van der Waals surface area contributed by atoms with Crippen LogP contribution in [0.15, 0.2) is 39.7 Å². The van der Waals surface area contributed by atoms with Crippen molar-refractivity contribution in [3.05, 3.63) is 40.4 Å². The molecule has 0 aliphatic carbocycles. The van der Waals surface area contributed by atoms with Crippen LogP contribution in [0.4, 0.5) is 8.78 Å². The maximum atomic E-state index is 13.0. The van der Waals surface area contributed by atoms with Gasteiger partial charge in [0.15, 0.2) is 23.0 Å². The summed E-state index contributed by atoms with van der Waals surface area (Å²) < 4.78 is 72.2. The standard InChI is InChI=1S/C18H20BrF2NO6S/c1-22(10-11-5-6-13(28-18(20)21)14(7-11)25-2)29(23,24)17-9-16(27-4)15(26-3)8-12(17)19/h5-9,18H,10H2,1-4H3. The minimum absolute atomic E-state index is 0.0118. The second kappa shape index (κ2) is 9.59. The van der Waals surface area contributed by atoms with E-state index in [9.17, 15) is 17.2 Å². The molecule has 0 heterocycles. The largest absolute Gasteiger partial charge is 0.493 e. The molecule has 0 atom stereocenters. The van der Waals surface area contributed by atoms with Gasteiger partial charge in [0.05, 0.1) is 21.3 Å². The molecule has 0 aliphatic heterocycles. The molecule has 29 heavy (non-hydrogen) atoms. The third-order valence-electron chi connectivity index (χ3n) is 3.98. The lowest BCUT2D eigenvalue weighted by molar-refractivity contribution is -0.0512. The van der Waals surface area contributed by atoms with Crippen LogP contribution in [0.2, 0.25) is 0 Å². The zero-order valence-corrected chi connectivity index (χ0v) is 18.5. The molecule has 0 unspecified atom stereocenters. The van der Waals surface area contributed by atoms with Crippen LogP contribution >= 0.6 is 15.9 Å². The molecule has 0 fully saturated rings. The monoisotopic (exact) mass is 495 g/mol. The van der Waals surface area contributed by atoms with E-state index in [0.29, 0.717) is 15.8 Å². The van der Waals surface area contributed by atoms with Crippen molar-refractivity contribution in [3.63, 3.8) is 0 Å². The smallest absolute Gasteiger partial charge is 0.387 e. The first-order valence-electron chi connectivity index (χ1n) is 8.13. The van der Waals surface area contributed by atoms with Crippen LogP contribution in [0.5, 0.6) is 23.0 Å². The lowest BCUT2D eigenvalue weighted by Gasteiger charge is -2.20. The number of hydrogen-bond donors (Lipinski definition) is 0. The normalized spacial score (nSPS) is 11.6. The highest BCUT2D eigenvalue weighted by Gasteiger charge is 2.26. The van der Waals surface area contributed by atoms with Gasteiger partial charge in [-0.3, -0.25) is 0 Å². The highest BCUT2D eigenvalue weighted by Crippen LogP contribution is 2.37. The summed E-state index contributed by atoms with van der Waals surface area (Å²) in [5, 5.41) is 0. The Labute approximate surface area is 176 Å². The zero-order valence-electron chi connectivity index (χ0n) is 16.1. The van der Waals surface area contributed by atoms with Crippen LogP contribution in [0.1, 0.15) is 5.56 Å². The predicted octanol–water partition coefficient (Wildman–Crippen LogP) is 3.90. The molecule has 7 nitrogen and oxygen atoms in total. The van der Waals surface area contributed by atoms with E-state index in [0.717, 1.165) is 4.31 Å². The lowest BCUT2D eigenvalue weighted by Crippen LogP contribution is -2.27. The first-order chi connectivity index (χ1) is 13.6. The van der Waals surface area contributed by atoms with Crippen molar-refractivity contribution in [2.45, 2.75) is 18.1 Å². The topological polar surface area (TPSA) is 74.3 Å². The number of methoxy groups -OCH3 is 3. The number of sulfonamides is 1. The summed E-state index contributed by atoms with van der Waals surface area (Å²) >= 11 is 3.25. The molecule has 2 aromatic rings. The van der Waals surface area contributed by atoms with Crippen molar-refractivity contribution in [1.82, 2.24) is 4.31 Å². The van der Waals surface area contributed by atoms with Gasteiger partial charge in [0, 0.05) is 24.1 Å². The Bertz CT molecular complexity index is 971. The first-order valence-corrected chi connectivity index (χ1v) is 10.4. The number of benzene rings is 2. The molecule has 11 heteroatoms. The van der Waals surface area contributed by atoms with Crippen LogP contribution in [0.3, 0.4) is 0 Å². The molecular weight excluding hydrogens is 476 g/mol. The molecule has 160 valence electrons. The lowest BCUT2D eigenvalue weighted by atomic mass is 10.2. The van der Waals surface area contributed by atoms with Crippen LogP contribution < -0.4 is 18.9 Å². The average Bonchev–Trinajstić information content (AvgIpc) is 2.68. The fourth-order valence-corrected chi connectivity index (χ4v) is 4.70. The number of nitrogens with zero attached hydrogens (tertiary/aromatic N) is 1. The van der Waals surface area contributed by atoms with Crippen LogP contribution in [0.25, 0.3) is 0 Å². The van der Waals surface area contributed by atoms with Gasteiger partial charge in [0.1, 0.15) is 4.90 Å². The van der Waals surface area contributed by atoms with Gasteiger partial charge >= 0.3 is 6.61 Å². The van der Waals surface area contributed by atoms with E-state index in [2.05, 4.69) is 20.7 Å². The third kappa shape index (κ3) is 5.28. The molecule has 2 rings (SSSR count). The summed E-state index contributed by atoms with van der Waals surface area (Å²) in [4.78, 5) is -0.0118. The number of hydrogen-bond acceptors (Lipinski definition) is 6. The molecular formula is C18H20BrF2NO6S. The summed E-state index contributed by atoms with van der Waals surface area (Å²) in [6, 6.07) is 7.07. The summed E-state index contributed by atoms with van der Waals surface area (Å²) in [7, 11) is 1.63. The minimum atomic E-state index is -3.92. The molecule has 0 radical (unpaired) electrons. The maximum absolute atomic E-state index is 13.0. The van der Waals surface area contributed by atoms with Gasteiger partial charge in [-0.2, -0.15) is 13.1 Å². The molecule has 0 saturated carbocycles. The van der Waals surface area contributed by atoms with Gasteiger partial charge in [-0.05, 0) is 39.7 Å². The molecule has 0 aliphatic rings. The number of halogens is 3. The number of ether oxygens (including phenoxy) is 4. The van der Waals surface area contributed by atoms with Gasteiger partial charge in [-0.15, -0.1) is 0 Å². The molecule has 2 aromatic carbocycles. The summed E-state index contributed by atoms with van der Waals surface area (Å²) in [6.45, 7) is -3.03. The Balaban J connectivity index is 2.34. The maximum Gasteiger partial charge on any atom is 0.387 e. The molecule has 0 N–H and O–H groups in total. The van der Waals surface area contributed by atoms with Crippen molar-refractivity contribution >= 4 is 26.0 Å². The molecule has 0 spiro atoms. The van der Waals surface area contributed by atoms with E-state index in [4.69, 9.17) is 14.2 Å². The van der Waals surface area contributed by atoms with Gasteiger partial charge in [0.2, 0.25) is 10.0 Å². The molecule has 0 amide bonds. The Morgan fingerprint density at radius 2 is 1.52 bits per heavy atom. The second-order valence-electron chi connectivity index (χ2n) is 5.76. The SMILES string of the molecule is COc1cc(Br)c(S(=O)(=O)N(C)Cc2ccc(OC(F)F)c(OC)c2)cc1OC. The molecule has 0 aromatic heterocycles. The Morgan fingerprint density at radius 1 is 0.966 bits per heavy atom. The molecule has 0 saturated heterocycles. The van der Waals surface area contributed by atoms with Gasteiger partial charge in [0.25, 0.3) is 0 Å². The predicted molar refractivity (Wildman–Crippen MR) is 106 cm³/mol. The van der Waals surface area contributed by atoms with Crippen molar-refractivity contribution in [2.24, 2.45) is 0 Å². The van der Waals surface area contributed by atoms with Crippen LogP contribution in [0, 0.1) is 0 Å². The van der Waals surface area contributed by atoms with Crippen molar-refractivity contribution in [3.8, 4) is 23.0 Å². The number of rotatable bonds is 9. The zero-order chi connectivity index (χ0) is 21.8. The average molecular weight is 496 g/mol. The minimum Gasteiger partial charge on any atom is -0.493 e. The number of alkyl halides is 2. The van der Waals surface area contributed by atoms with Gasteiger partial charge in [-0.25, -0.2) is 8.42 Å². The van der Waals surface area contributed by atoms with Crippen molar-refractivity contribution in [1.29, 1.82) is 0 Å². The summed E-state index contributed by atoms with van der Waals surface area (Å²) in [6.07, 6.45) is 0. The first kappa shape index (κ1) is 23.2. The van der Waals surface area contributed by atoms with Crippen LogP contribution in [-0.4, -0.2) is 47.7 Å².